The summed E-state index contributed by atoms with van der Waals surface area (Å²) >= 11 is 0. The standard InChI is InChI=1S/C15H22N2O2S/c1-12(2)13(3)17(4)20(18,19)15-9-5-7-14(11-15)8-6-10-16/h5,7,9,11-13H,10,16H2,1-4H3. The van der Waals surface area contributed by atoms with Crippen molar-refractivity contribution in [2.45, 2.75) is 31.7 Å². The van der Waals surface area contributed by atoms with Crippen molar-refractivity contribution in [1.82, 2.24) is 4.31 Å². The molecule has 1 aromatic carbocycles. The number of nitrogens with two attached hydrogens (primary N) is 1. The molecule has 110 valence electrons. The van der Waals surface area contributed by atoms with Gasteiger partial charge in [-0.1, -0.05) is 31.8 Å². The van der Waals surface area contributed by atoms with Crippen LogP contribution >= 0.6 is 0 Å². The van der Waals surface area contributed by atoms with Crippen molar-refractivity contribution in [3.05, 3.63) is 29.8 Å². The van der Waals surface area contributed by atoms with E-state index in [1.165, 1.54) is 4.31 Å². The van der Waals surface area contributed by atoms with Crippen LogP contribution < -0.4 is 5.73 Å². The van der Waals surface area contributed by atoms with Gasteiger partial charge in [0.2, 0.25) is 10.0 Å². The van der Waals surface area contributed by atoms with Crippen molar-refractivity contribution in [1.29, 1.82) is 0 Å². The molecule has 1 unspecified atom stereocenters. The summed E-state index contributed by atoms with van der Waals surface area (Å²) < 4.78 is 26.5. The minimum absolute atomic E-state index is 0.0706. The first kappa shape index (κ1) is 16.7. The maximum atomic E-state index is 12.6. The lowest BCUT2D eigenvalue weighted by molar-refractivity contribution is 0.316. The molecule has 0 saturated heterocycles. The van der Waals surface area contributed by atoms with Gasteiger partial charge in [-0.3, -0.25) is 0 Å². The molecule has 0 bridgehead atoms. The lowest BCUT2D eigenvalue weighted by Crippen LogP contribution is -2.38. The molecule has 20 heavy (non-hydrogen) atoms. The second-order valence-electron chi connectivity index (χ2n) is 5.04. The number of sulfonamides is 1. The van der Waals surface area contributed by atoms with Crippen LogP contribution in [-0.4, -0.2) is 32.4 Å². The zero-order valence-electron chi connectivity index (χ0n) is 12.4. The second kappa shape index (κ2) is 6.89. The lowest BCUT2D eigenvalue weighted by atomic mass is 10.1. The van der Waals surface area contributed by atoms with E-state index in [1.807, 2.05) is 20.8 Å². The Hall–Kier alpha value is -1.35. The molecule has 2 N–H and O–H groups in total. The molecule has 0 amide bonds. The normalized spacial score (nSPS) is 13.2. The number of hydrogen-bond donors (Lipinski definition) is 1. The molecule has 0 aliphatic heterocycles. The Labute approximate surface area is 122 Å². The van der Waals surface area contributed by atoms with E-state index in [2.05, 4.69) is 11.8 Å². The largest absolute Gasteiger partial charge is 0.320 e. The molecule has 0 spiro atoms. The third-order valence-electron chi connectivity index (χ3n) is 3.38. The summed E-state index contributed by atoms with van der Waals surface area (Å²) in [5, 5.41) is 0. The highest BCUT2D eigenvalue weighted by molar-refractivity contribution is 7.89. The number of hydrogen-bond acceptors (Lipinski definition) is 3. The minimum atomic E-state index is -3.50. The molecule has 0 aromatic heterocycles. The predicted octanol–water partition coefficient (Wildman–Crippen LogP) is 1.66. The van der Waals surface area contributed by atoms with E-state index in [0.29, 0.717) is 5.56 Å². The van der Waals surface area contributed by atoms with E-state index in [0.717, 1.165) is 0 Å². The van der Waals surface area contributed by atoms with Crippen LogP contribution in [0.5, 0.6) is 0 Å². The molecular formula is C15H22N2O2S. The average Bonchev–Trinajstić information content (AvgIpc) is 2.43. The molecule has 0 aliphatic carbocycles. The van der Waals surface area contributed by atoms with E-state index in [4.69, 9.17) is 5.73 Å². The summed E-state index contributed by atoms with van der Waals surface area (Å²) in [6.45, 7) is 6.15. The highest BCUT2D eigenvalue weighted by Crippen LogP contribution is 2.20. The number of nitrogens with zero attached hydrogens (tertiary/aromatic N) is 1. The first-order chi connectivity index (χ1) is 9.30. The summed E-state index contributed by atoms with van der Waals surface area (Å²) in [6.07, 6.45) is 0. The van der Waals surface area contributed by atoms with Gasteiger partial charge in [-0.15, -0.1) is 0 Å². The summed E-state index contributed by atoms with van der Waals surface area (Å²) in [6, 6.07) is 6.57. The van der Waals surface area contributed by atoms with Gasteiger partial charge in [0, 0.05) is 18.7 Å². The first-order valence-electron chi connectivity index (χ1n) is 6.57. The molecule has 1 rings (SSSR count). The molecule has 0 saturated carbocycles. The van der Waals surface area contributed by atoms with Crippen molar-refractivity contribution in [3.8, 4) is 11.8 Å². The second-order valence-corrected chi connectivity index (χ2v) is 7.04. The van der Waals surface area contributed by atoms with Crippen LogP contribution in [-0.2, 0) is 10.0 Å². The van der Waals surface area contributed by atoms with E-state index >= 15 is 0 Å². The molecule has 0 heterocycles. The van der Waals surface area contributed by atoms with E-state index < -0.39 is 10.0 Å². The zero-order valence-corrected chi connectivity index (χ0v) is 13.2. The van der Waals surface area contributed by atoms with Crippen LogP contribution in [0.15, 0.2) is 29.2 Å². The van der Waals surface area contributed by atoms with E-state index in [-0.39, 0.29) is 23.4 Å². The lowest BCUT2D eigenvalue weighted by Gasteiger charge is -2.27. The maximum Gasteiger partial charge on any atom is 0.243 e. The van der Waals surface area contributed by atoms with E-state index in [9.17, 15) is 8.42 Å². The van der Waals surface area contributed by atoms with Crippen molar-refractivity contribution < 1.29 is 8.42 Å². The average molecular weight is 294 g/mol. The number of benzene rings is 1. The molecule has 5 heteroatoms. The van der Waals surface area contributed by atoms with Gasteiger partial charge in [-0.05, 0) is 31.0 Å². The zero-order chi connectivity index (χ0) is 15.3. The molecule has 4 nitrogen and oxygen atoms in total. The summed E-state index contributed by atoms with van der Waals surface area (Å²) in [4.78, 5) is 0.260. The smallest absolute Gasteiger partial charge is 0.243 e. The molecule has 0 radical (unpaired) electrons. The SMILES string of the molecule is CC(C)C(C)N(C)S(=O)(=O)c1cccc(C#CCN)c1. The van der Waals surface area contributed by atoms with Gasteiger partial charge in [0.15, 0.2) is 0 Å². The van der Waals surface area contributed by atoms with Crippen LogP contribution in [0.4, 0.5) is 0 Å². The van der Waals surface area contributed by atoms with Gasteiger partial charge < -0.3 is 5.73 Å². The summed E-state index contributed by atoms with van der Waals surface area (Å²) in [7, 11) is -1.89. The van der Waals surface area contributed by atoms with Gasteiger partial charge in [-0.2, -0.15) is 4.31 Å². The summed E-state index contributed by atoms with van der Waals surface area (Å²) in [5.74, 6) is 5.82. The molecule has 1 atom stereocenters. The first-order valence-corrected chi connectivity index (χ1v) is 8.01. The predicted molar refractivity (Wildman–Crippen MR) is 81.6 cm³/mol. The van der Waals surface area contributed by atoms with Gasteiger partial charge in [0.25, 0.3) is 0 Å². The van der Waals surface area contributed by atoms with Gasteiger partial charge in [0.05, 0.1) is 11.4 Å². The fourth-order valence-electron chi connectivity index (χ4n) is 1.69. The Morgan fingerprint density at radius 1 is 1.30 bits per heavy atom. The van der Waals surface area contributed by atoms with Crippen LogP contribution in [0.2, 0.25) is 0 Å². The fourth-order valence-corrected chi connectivity index (χ4v) is 3.23. The molecule has 0 aliphatic rings. The van der Waals surface area contributed by atoms with Gasteiger partial charge in [-0.25, -0.2) is 8.42 Å². The Morgan fingerprint density at radius 2 is 1.95 bits per heavy atom. The Bertz CT molecular complexity index is 612. The quantitative estimate of drug-likeness (QED) is 0.859. The summed E-state index contributed by atoms with van der Waals surface area (Å²) in [5.41, 5.74) is 5.98. The molecule has 1 aromatic rings. The Balaban J connectivity index is 3.16. The number of rotatable bonds is 4. The molecule has 0 fully saturated rings. The third kappa shape index (κ3) is 3.83. The monoisotopic (exact) mass is 294 g/mol. The highest BCUT2D eigenvalue weighted by atomic mass is 32.2. The van der Waals surface area contributed by atoms with Crippen LogP contribution in [0.1, 0.15) is 26.3 Å². The van der Waals surface area contributed by atoms with Crippen molar-refractivity contribution in [2.75, 3.05) is 13.6 Å². The highest BCUT2D eigenvalue weighted by Gasteiger charge is 2.26. The topological polar surface area (TPSA) is 63.4 Å². The fraction of sp³-hybridized carbons (Fsp3) is 0.467. The van der Waals surface area contributed by atoms with Crippen molar-refractivity contribution in [3.63, 3.8) is 0 Å². The van der Waals surface area contributed by atoms with Crippen molar-refractivity contribution in [2.24, 2.45) is 11.7 Å². The van der Waals surface area contributed by atoms with Crippen LogP contribution in [0.25, 0.3) is 0 Å². The van der Waals surface area contributed by atoms with Crippen LogP contribution in [0, 0.1) is 17.8 Å². The Kier molecular flexibility index (Phi) is 5.75. The van der Waals surface area contributed by atoms with Crippen molar-refractivity contribution >= 4 is 10.0 Å². The minimum Gasteiger partial charge on any atom is -0.320 e. The van der Waals surface area contributed by atoms with Gasteiger partial charge in [0.1, 0.15) is 0 Å². The van der Waals surface area contributed by atoms with E-state index in [1.54, 1.807) is 31.3 Å². The van der Waals surface area contributed by atoms with Crippen LogP contribution in [0.3, 0.4) is 0 Å². The van der Waals surface area contributed by atoms with Gasteiger partial charge >= 0.3 is 0 Å². The Morgan fingerprint density at radius 3 is 2.50 bits per heavy atom. The molecular weight excluding hydrogens is 272 g/mol. The third-order valence-corrected chi connectivity index (χ3v) is 5.32. The maximum absolute atomic E-state index is 12.6.